The van der Waals surface area contributed by atoms with E-state index in [0.29, 0.717) is 23.5 Å². The number of nitrogens with zero attached hydrogens (tertiary/aromatic N) is 1. The Balaban J connectivity index is 2.80. The van der Waals surface area contributed by atoms with Crippen LogP contribution in [-0.4, -0.2) is 25.6 Å². The average Bonchev–Trinajstić information content (AvgIpc) is 2.44. The number of hydrogen-bond acceptors (Lipinski definition) is 4. The van der Waals surface area contributed by atoms with Gasteiger partial charge in [-0.15, -0.1) is 0 Å². The molecule has 0 saturated carbocycles. The number of nitrogens with one attached hydrogen (secondary N) is 2. The van der Waals surface area contributed by atoms with Crippen LogP contribution in [0.5, 0.6) is 5.75 Å². The van der Waals surface area contributed by atoms with E-state index in [0.717, 1.165) is 6.42 Å². The third kappa shape index (κ3) is 4.18. The molecule has 0 saturated heterocycles. The maximum absolute atomic E-state index is 11.8. The van der Waals surface area contributed by atoms with Crippen molar-refractivity contribution in [1.29, 1.82) is 5.26 Å². The minimum atomic E-state index is -0.411. The van der Waals surface area contributed by atoms with Crippen molar-refractivity contribution in [3.63, 3.8) is 0 Å². The van der Waals surface area contributed by atoms with E-state index in [1.807, 2.05) is 6.92 Å². The molecule has 102 valence electrons. The van der Waals surface area contributed by atoms with Crippen LogP contribution in [0.3, 0.4) is 0 Å². The third-order valence-electron chi connectivity index (χ3n) is 2.66. The molecule has 0 fully saturated rings. The van der Waals surface area contributed by atoms with Gasteiger partial charge in [0.05, 0.1) is 18.4 Å². The summed E-state index contributed by atoms with van der Waals surface area (Å²) >= 11 is 0. The van der Waals surface area contributed by atoms with Crippen LogP contribution in [0.2, 0.25) is 0 Å². The second-order valence-electron chi connectivity index (χ2n) is 4.18. The Morgan fingerprint density at radius 2 is 2.26 bits per heavy atom. The predicted molar refractivity (Wildman–Crippen MR) is 74.1 cm³/mol. The first kappa shape index (κ1) is 14.8. The van der Waals surface area contributed by atoms with Gasteiger partial charge in [0, 0.05) is 12.6 Å². The molecule has 19 heavy (non-hydrogen) atoms. The van der Waals surface area contributed by atoms with E-state index in [2.05, 4.69) is 16.7 Å². The summed E-state index contributed by atoms with van der Waals surface area (Å²) in [5.74, 6) is 0.552. The summed E-state index contributed by atoms with van der Waals surface area (Å²) in [4.78, 5) is 11.8. The van der Waals surface area contributed by atoms with Crippen molar-refractivity contribution >= 4 is 11.6 Å². The summed E-state index contributed by atoms with van der Waals surface area (Å²) in [5.41, 5.74) is 1.08. The van der Waals surface area contributed by atoms with Crippen LogP contribution in [0, 0.1) is 11.3 Å². The minimum absolute atomic E-state index is 0.0893. The maximum Gasteiger partial charge on any atom is 0.242 e. The fraction of sp³-hybridized carbons (Fsp3) is 0.429. The number of anilines is 1. The van der Waals surface area contributed by atoms with Crippen molar-refractivity contribution in [2.75, 3.05) is 19.0 Å². The van der Waals surface area contributed by atoms with E-state index < -0.39 is 6.04 Å². The zero-order valence-electron chi connectivity index (χ0n) is 11.5. The lowest BCUT2D eigenvalue weighted by Gasteiger charge is -2.16. The van der Waals surface area contributed by atoms with Gasteiger partial charge in [-0.2, -0.15) is 5.26 Å². The molecule has 5 nitrogen and oxygen atoms in total. The molecular formula is C14H19N3O2. The second kappa shape index (κ2) is 7.27. The third-order valence-corrected chi connectivity index (χ3v) is 2.66. The SMILES string of the molecule is CCCNC(=O)C(C)Nc1cc(OC)ccc1C#N. The highest BCUT2D eigenvalue weighted by molar-refractivity contribution is 5.84. The molecule has 0 spiro atoms. The highest BCUT2D eigenvalue weighted by Gasteiger charge is 2.14. The van der Waals surface area contributed by atoms with Crippen molar-refractivity contribution in [2.24, 2.45) is 0 Å². The molecule has 0 aromatic heterocycles. The van der Waals surface area contributed by atoms with Gasteiger partial charge >= 0.3 is 0 Å². The smallest absolute Gasteiger partial charge is 0.242 e. The highest BCUT2D eigenvalue weighted by Crippen LogP contribution is 2.22. The van der Waals surface area contributed by atoms with Crippen molar-refractivity contribution in [3.05, 3.63) is 23.8 Å². The van der Waals surface area contributed by atoms with Gasteiger partial charge < -0.3 is 15.4 Å². The van der Waals surface area contributed by atoms with Crippen LogP contribution < -0.4 is 15.4 Å². The van der Waals surface area contributed by atoms with Crippen LogP contribution in [0.4, 0.5) is 5.69 Å². The van der Waals surface area contributed by atoms with E-state index >= 15 is 0 Å². The lowest BCUT2D eigenvalue weighted by molar-refractivity contribution is -0.121. The molecule has 0 aliphatic carbocycles. The Kier molecular flexibility index (Phi) is 5.68. The molecule has 0 aliphatic rings. The highest BCUT2D eigenvalue weighted by atomic mass is 16.5. The number of benzene rings is 1. The lowest BCUT2D eigenvalue weighted by Crippen LogP contribution is -2.38. The van der Waals surface area contributed by atoms with Crippen LogP contribution >= 0.6 is 0 Å². The molecule has 0 radical (unpaired) electrons. The number of rotatable bonds is 6. The first-order chi connectivity index (χ1) is 9.12. The number of carbonyl (C=O) groups excluding carboxylic acids is 1. The molecule has 1 aromatic carbocycles. The van der Waals surface area contributed by atoms with Gasteiger partial charge in [-0.25, -0.2) is 0 Å². The van der Waals surface area contributed by atoms with Crippen LogP contribution in [0.15, 0.2) is 18.2 Å². The summed E-state index contributed by atoms with van der Waals surface area (Å²) in [6.45, 7) is 4.40. The van der Waals surface area contributed by atoms with Gasteiger partial charge in [0.1, 0.15) is 17.9 Å². The fourth-order valence-electron chi connectivity index (χ4n) is 1.57. The van der Waals surface area contributed by atoms with Gasteiger partial charge in [0.25, 0.3) is 0 Å². The number of amides is 1. The monoisotopic (exact) mass is 261 g/mol. The summed E-state index contributed by atoms with van der Waals surface area (Å²) in [6, 6.07) is 6.76. The molecule has 1 unspecified atom stereocenters. The maximum atomic E-state index is 11.8. The summed E-state index contributed by atoms with van der Waals surface area (Å²) in [6.07, 6.45) is 0.890. The zero-order valence-corrected chi connectivity index (χ0v) is 11.5. The average molecular weight is 261 g/mol. The van der Waals surface area contributed by atoms with E-state index in [4.69, 9.17) is 10.00 Å². The lowest BCUT2D eigenvalue weighted by atomic mass is 10.1. The number of methoxy groups -OCH3 is 1. The Morgan fingerprint density at radius 3 is 2.84 bits per heavy atom. The van der Waals surface area contributed by atoms with Gasteiger partial charge in [-0.1, -0.05) is 6.92 Å². The van der Waals surface area contributed by atoms with E-state index in [1.54, 1.807) is 32.2 Å². The first-order valence-corrected chi connectivity index (χ1v) is 6.24. The zero-order chi connectivity index (χ0) is 14.3. The van der Waals surface area contributed by atoms with Gasteiger partial charge in [0.15, 0.2) is 0 Å². The molecule has 1 rings (SSSR count). The predicted octanol–water partition coefficient (Wildman–Crippen LogP) is 1.89. The van der Waals surface area contributed by atoms with Crippen molar-refractivity contribution in [2.45, 2.75) is 26.3 Å². The van der Waals surface area contributed by atoms with E-state index in [1.165, 1.54) is 0 Å². The number of ether oxygens (including phenoxy) is 1. The quantitative estimate of drug-likeness (QED) is 0.820. The standard InChI is InChI=1S/C14H19N3O2/c1-4-7-16-14(18)10(2)17-13-8-12(19-3)6-5-11(13)9-15/h5-6,8,10,17H,4,7H2,1-3H3,(H,16,18). The number of nitriles is 1. The minimum Gasteiger partial charge on any atom is -0.497 e. The van der Waals surface area contributed by atoms with Crippen molar-refractivity contribution < 1.29 is 9.53 Å². The van der Waals surface area contributed by atoms with E-state index in [-0.39, 0.29) is 5.91 Å². The molecule has 1 amide bonds. The number of carbonyl (C=O) groups is 1. The Bertz CT molecular complexity index is 480. The summed E-state index contributed by atoms with van der Waals surface area (Å²) < 4.78 is 5.11. The second-order valence-corrected chi connectivity index (χ2v) is 4.18. The summed E-state index contributed by atoms with van der Waals surface area (Å²) in [7, 11) is 1.56. The molecule has 0 heterocycles. The van der Waals surface area contributed by atoms with Crippen LogP contribution in [0.1, 0.15) is 25.8 Å². The van der Waals surface area contributed by atoms with Gasteiger partial charge in [0.2, 0.25) is 5.91 Å². The molecule has 5 heteroatoms. The Labute approximate surface area is 113 Å². The molecular weight excluding hydrogens is 242 g/mol. The topological polar surface area (TPSA) is 74.2 Å². The fourth-order valence-corrected chi connectivity index (χ4v) is 1.57. The van der Waals surface area contributed by atoms with Crippen molar-refractivity contribution in [3.8, 4) is 11.8 Å². The summed E-state index contributed by atoms with van der Waals surface area (Å²) in [5, 5.41) is 14.9. The normalized spacial score (nSPS) is 11.3. The van der Waals surface area contributed by atoms with Crippen molar-refractivity contribution in [1.82, 2.24) is 5.32 Å². The van der Waals surface area contributed by atoms with Gasteiger partial charge in [-0.05, 0) is 25.5 Å². The van der Waals surface area contributed by atoms with E-state index in [9.17, 15) is 4.79 Å². The molecule has 1 atom stereocenters. The Morgan fingerprint density at radius 1 is 1.53 bits per heavy atom. The van der Waals surface area contributed by atoms with Gasteiger partial charge in [-0.3, -0.25) is 4.79 Å². The number of hydrogen-bond donors (Lipinski definition) is 2. The largest absolute Gasteiger partial charge is 0.497 e. The molecule has 2 N–H and O–H groups in total. The first-order valence-electron chi connectivity index (χ1n) is 6.24. The molecule has 0 bridgehead atoms. The van der Waals surface area contributed by atoms with Crippen LogP contribution in [0.25, 0.3) is 0 Å². The molecule has 0 aliphatic heterocycles. The molecule has 1 aromatic rings. The Hall–Kier alpha value is -2.22. The van der Waals surface area contributed by atoms with Crippen LogP contribution in [-0.2, 0) is 4.79 Å².